The third-order valence-electron chi connectivity index (χ3n) is 3.65. The molecule has 3 N–H and O–H groups in total. The SMILES string of the molecule is Cc1ncnc(N2CCN(C(C)C(N)=NO)CC2)c1F. The van der Waals surface area contributed by atoms with Crippen LogP contribution in [0.2, 0.25) is 0 Å². The molecule has 2 rings (SSSR count). The summed E-state index contributed by atoms with van der Waals surface area (Å²) in [5.41, 5.74) is 5.95. The zero-order valence-electron chi connectivity index (χ0n) is 11.6. The Labute approximate surface area is 116 Å². The fourth-order valence-corrected chi connectivity index (χ4v) is 2.26. The van der Waals surface area contributed by atoms with Gasteiger partial charge < -0.3 is 15.8 Å². The van der Waals surface area contributed by atoms with E-state index >= 15 is 0 Å². The second kappa shape index (κ2) is 6.00. The molecule has 0 amide bonds. The van der Waals surface area contributed by atoms with Gasteiger partial charge >= 0.3 is 0 Å². The van der Waals surface area contributed by atoms with Crippen LogP contribution in [0.5, 0.6) is 0 Å². The number of halogens is 1. The van der Waals surface area contributed by atoms with E-state index in [1.807, 2.05) is 11.8 Å². The van der Waals surface area contributed by atoms with Crippen molar-refractivity contribution in [1.82, 2.24) is 14.9 Å². The van der Waals surface area contributed by atoms with E-state index in [0.717, 1.165) is 0 Å². The molecule has 0 aromatic carbocycles. The molecule has 1 aliphatic heterocycles. The van der Waals surface area contributed by atoms with Crippen LogP contribution in [0.15, 0.2) is 11.5 Å². The number of anilines is 1. The number of nitrogens with two attached hydrogens (primary N) is 1. The number of hydrogen-bond donors (Lipinski definition) is 2. The minimum Gasteiger partial charge on any atom is -0.409 e. The lowest BCUT2D eigenvalue weighted by Gasteiger charge is -2.38. The monoisotopic (exact) mass is 282 g/mol. The van der Waals surface area contributed by atoms with Crippen molar-refractivity contribution in [1.29, 1.82) is 0 Å². The Hall–Kier alpha value is -1.96. The van der Waals surface area contributed by atoms with Gasteiger partial charge in [-0.05, 0) is 13.8 Å². The van der Waals surface area contributed by atoms with Crippen LogP contribution < -0.4 is 10.6 Å². The molecule has 0 saturated carbocycles. The summed E-state index contributed by atoms with van der Waals surface area (Å²) in [4.78, 5) is 11.8. The first-order valence-corrected chi connectivity index (χ1v) is 6.48. The highest BCUT2D eigenvalue weighted by Crippen LogP contribution is 2.19. The first kappa shape index (κ1) is 14.4. The van der Waals surface area contributed by atoms with E-state index in [2.05, 4.69) is 20.0 Å². The highest BCUT2D eigenvalue weighted by Gasteiger charge is 2.25. The van der Waals surface area contributed by atoms with Gasteiger partial charge in [-0.3, -0.25) is 4.90 Å². The Bertz CT molecular complexity index is 501. The molecule has 1 unspecified atom stereocenters. The largest absolute Gasteiger partial charge is 0.409 e. The highest BCUT2D eigenvalue weighted by atomic mass is 19.1. The molecule has 0 bridgehead atoms. The molecule has 1 saturated heterocycles. The molecule has 110 valence electrons. The van der Waals surface area contributed by atoms with E-state index in [0.29, 0.717) is 37.7 Å². The number of rotatable bonds is 3. The summed E-state index contributed by atoms with van der Waals surface area (Å²) in [5.74, 6) is 0.154. The maximum atomic E-state index is 14.0. The summed E-state index contributed by atoms with van der Waals surface area (Å²) < 4.78 is 14.0. The van der Waals surface area contributed by atoms with Crippen molar-refractivity contribution in [3.63, 3.8) is 0 Å². The third kappa shape index (κ3) is 2.79. The summed E-state index contributed by atoms with van der Waals surface area (Å²) in [5, 5.41) is 11.7. The molecule has 8 heteroatoms. The zero-order chi connectivity index (χ0) is 14.7. The lowest BCUT2D eigenvalue weighted by atomic mass is 10.2. The number of aryl methyl sites for hydroxylation is 1. The van der Waals surface area contributed by atoms with Gasteiger partial charge in [-0.15, -0.1) is 0 Å². The predicted molar refractivity (Wildman–Crippen MR) is 73.4 cm³/mol. The molecule has 7 nitrogen and oxygen atoms in total. The molecule has 0 aliphatic carbocycles. The maximum Gasteiger partial charge on any atom is 0.186 e. The normalized spacial score (nSPS) is 19.1. The predicted octanol–water partition coefficient (Wildman–Crippen LogP) is 0.181. The average Bonchev–Trinajstić information content (AvgIpc) is 2.48. The third-order valence-corrected chi connectivity index (χ3v) is 3.65. The van der Waals surface area contributed by atoms with E-state index in [4.69, 9.17) is 10.9 Å². The zero-order valence-corrected chi connectivity index (χ0v) is 11.6. The molecule has 20 heavy (non-hydrogen) atoms. The number of amidine groups is 1. The van der Waals surface area contributed by atoms with Gasteiger partial charge in [0.05, 0.1) is 11.7 Å². The second-order valence-electron chi connectivity index (χ2n) is 4.82. The van der Waals surface area contributed by atoms with Gasteiger partial charge in [0.1, 0.15) is 6.33 Å². The van der Waals surface area contributed by atoms with E-state index in [-0.39, 0.29) is 17.7 Å². The quantitative estimate of drug-likeness (QED) is 0.356. The molecule has 1 aliphatic rings. The lowest BCUT2D eigenvalue weighted by molar-refractivity contribution is 0.229. The Morgan fingerprint density at radius 2 is 2.05 bits per heavy atom. The fourth-order valence-electron chi connectivity index (χ4n) is 2.26. The summed E-state index contributed by atoms with van der Waals surface area (Å²) in [7, 11) is 0. The molecule has 1 aromatic rings. The number of oxime groups is 1. The Morgan fingerprint density at radius 3 is 2.65 bits per heavy atom. The second-order valence-corrected chi connectivity index (χ2v) is 4.82. The van der Waals surface area contributed by atoms with Gasteiger partial charge in [-0.2, -0.15) is 0 Å². The smallest absolute Gasteiger partial charge is 0.186 e. The first-order valence-electron chi connectivity index (χ1n) is 6.48. The number of piperazine rings is 1. The van der Waals surface area contributed by atoms with Gasteiger partial charge in [0.15, 0.2) is 17.5 Å². The van der Waals surface area contributed by atoms with Crippen LogP contribution in [0.3, 0.4) is 0 Å². The van der Waals surface area contributed by atoms with Crippen LogP contribution >= 0.6 is 0 Å². The van der Waals surface area contributed by atoms with E-state index in [1.165, 1.54) is 6.33 Å². The van der Waals surface area contributed by atoms with Crippen LogP contribution in [-0.2, 0) is 0 Å². The van der Waals surface area contributed by atoms with Gasteiger partial charge in [0.2, 0.25) is 0 Å². The van der Waals surface area contributed by atoms with Crippen LogP contribution in [-0.4, -0.2) is 58.1 Å². The summed E-state index contributed by atoms with van der Waals surface area (Å²) in [6.45, 7) is 6.16. The van der Waals surface area contributed by atoms with Crippen LogP contribution in [0.1, 0.15) is 12.6 Å². The number of hydrogen-bond acceptors (Lipinski definition) is 6. The first-order chi connectivity index (χ1) is 9.54. The average molecular weight is 282 g/mol. The Morgan fingerprint density at radius 1 is 1.40 bits per heavy atom. The van der Waals surface area contributed by atoms with Crippen molar-refractivity contribution < 1.29 is 9.60 Å². The topological polar surface area (TPSA) is 90.9 Å². The van der Waals surface area contributed by atoms with Crippen molar-refractivity contribution in [3.8, 4) is 0 Å². The van der Waals surface area contributed by atoms with Crippen molar-refractivity contribution in [2.45, 2.75) is 19.9 Å². The highest BCUT2D eigenvalue weighted by molar-refractivity contribution is 5.84. The molecule has 1 atom stereocenters. The van der Waals surface area contributed by atoms with Gasteiger partial charge in [0.25, 0.3) is 0 Å². The molecule has 2 heterocycles. The fraction of sp³-hybridized carbons (Fsp3) is 0.583. The van der Waals surface area contributed by atoms with Crippen molar-refractivity contribution >= 4 is 11.7 Å². The van der Waals surface area contributed by atoms with Crippen LogP contribution in [0.25, 0.3) is 0 Å². The van der Waals surface area contributed by atoms with Crippen molar-refractivity contribution in [2.75, 3.05) is 31.1 Å². The summed E-state index contributed by atoms with van der Waals surface area (Å²) in [6.07, 6.45) is 1.37. The van der Waals surface area contributed by atoms with Crippen molar-refractivity contribution in [3.05, 3.63) is 17.8 Å². The van der Waals surface area contributed by atoms with Gasteiger partial charge in [-0.1, -0.05) is 5.16 Å². The molecule has 0 spiro atoms. The van der Waals surface area contributed by atoms with Gasteiger partial charge in [0, 0.05) is 26.2 Å². The summed E-state index contributed by atoms with van der Waals surface area (Å²) in [6, 6.07) is -0.140. The van der Waals surface area contributed by atoms with Crippen molar-refractivity contribution in [2.24, 2.45) is 10.9 Å². The van der Waals surface area contributed by atoms with E-state index in [9.17, 15) is 4.39 Å². The maximum absolute atomic E-state index is 14.0. The Kier molecular flexibility index (Phi) is 4.33. The van der Waals surface area contributed by atoms with E-state index in [1.54, 1.807) is 6.92 Å². The Balaban J connectivity index is 2.03. The molecular weight excluding hydrogens is 263 g/mol. The number of nitrogens with zero attached hydrogens (tertiary/aromatic N) is 5. The molecule has 1 aromatic heterocycles. The molecule has 0 radical (unpaired) electrons. The van der Waals surface area contributed by atoms with Crippen LogP contribution in [0, 0.1) is 12.7 Å². The summed E-state index contributed by atoms with van der Waals surface area (Å²) >= 11 is 0. The van der Waals surface area contributed by atoms with E-state index < -0.39 is 0 Å². The van der Waals surface area contributed by atoms with Gasteiger partial charge in [-0.25, -0.2) is 14.4 Å². The lowest BCUT2D eigenvalue weighted by Crippen LogP contribution is -2.53. The minimum absolute atomic E-state index is 0.140. The standard InChI is InChI=1S/C12H19FN6O/c1-8-10(13)12(16-7-15-8)19-5-3-18(4-6-19)9(2)11(14)17-20/h7,9,20H,3-6H2,1-2H3,(H2,14,17). The van der Waals surface area contributed by atoms with Crippen LogP contribution in [0.4, 0.5) is 10.2 Å². The minimum atomic E-state index is -0.370. The molecular formula is C12H19FN6O. The number of aromatic nitrogens is 2. The molecule has 1 fully saturated rings.